The lowest BCUT2D eigenvalue weighted by Crippen LogP contribution is -2.67. The molecule has 0 aromatic heterocycles. The van der Waals surface area contributed by atoms with E-state index in [-0.39, 0.29) is 29.2 Å². The lowest BCUT2D eigenvalue weighted by atomic mass is 9.49. The van der Waals surface area contributed by atoms with Gasteiger partial charge in [0.15, 0.2) is 5.43 Å². The van der Waals surface area contributed by atoms with Crippen molar-refractivity contribution in [3.63, 3.8) is 0 Å². The van der Waals surface area contributed by atoms with E-state index in [1.54, 1.807) is 12.1 Å². The van der Waals surface area contributed by atoms with Gasteiger partial charge in [0.2, 0.25) is 0 Å². The molecule has 1 saturated carbocycles. The Morgan fingerprint density at radius 2 is 2.09 bits per heavy atom. The minimum absolute atomic E-state index is 0.0519. The monoisotopic (exact) mass is 312 g/mol. The maximum absolute atomic E-state index is 12.8. The Bertz CT molecular complexity index is 814. The van der Waals surface area contributed by atoms with Gasteiger partial charge in [0, 0.05) is 17.8 Å². The Labute approximate surface area is 134 Å². The number of hydrogen-bond donors (Lipinski definition) is 1. The van der Waals surface area contributed by atoms with Gasteiger partial charge >= 0.3 is 5.97 Å². The smallest absolute Gasteiger partial charge is 0.313 e. The molecule has 2 aliphatic heterocycles. The van der Waals surface area contributed by atoms with Crippen LogP contribution < -0.4 is 5.43 Å². The van der Waals surface area contributed by atoms with Crippen molar-refractivity contribution in [1.82, 2.24) is 0 Å². The Hall–Kier alpha value is -1.68. The van der Waals surface area contributed by atoms with Crippen LogP contribution in [0.25, 0.3) is 0 Å². The number of hydrogen-bond acceptors (Lipinski definition) is 4. The predicted molar refractivity (Wildman–Crippen MR) is 83.2 cm³/mol. The molecule has 1 aromatic carbocycles. The first-order chi connectivity index (χ1) is 10.9. The molecule has 1 aromatic rings. The molecule has 5 aliphatic rings. The van der Waals surface area contributed by atoms with Crippen molar-refractivity contribution in [2.75, 3.05) is 0 Å². The second-order valence-electron chi connectivity index (χ2n) is 7.83. The number of rotatable bonds is 0. The zero-order valence-corrected chi connectivity index (χ0v) is 13.3. The average molecular weight is 312 g/mol. The third-order valence-electron chi connectivity index (χ3n) is 7.07. The van der Waals surface area contributed by atoms with E-state index in [0.717, 1.165) is 17.5 Å². The van der Waals surface area contributed by atoms with Crippen LogP contribution in [0.1, 0.15) is 41.5 Å². The van der Waals surface area contributed by atoms with Gasteiger partial charge in [-0.05, 0) is 60.6 Å². The topological polar surface area (TPSA) is 63.6 Å². The van der Waals surface area contributed by atoms with Crippen LogP contribution in [0, 0.1) is 24.2 Å². The fourth-order valence-electron chi connectivity index (χ4n) is 6.03. The second kappa shape index (κ2) is 4.04. The SMILES string of the molecule is Cc1cc(=O)cc2c3c1C[C@H]1[C@H]4OC(=O)[C@@](CC2)([C@H]31)[C@@H](C)[C@@H]4O. The van der Waals surface area contributed by atoms with Gasteiger partial charge in [-0.2, -0.15) is 0 Å². The largest absolute Gasteiger partial charge is 0.459 e. The minimum Gasteiger partial charge on any atom is -0.459 e. The highest BCUT2D eigenvalue weighted by Crippen LogP contribution is 2.66. The van der Waals surface area contributed by atoms with E-state index in [1.165, 1.54) is 11.1 Å². The maximum atomic E-state index is 12.8. The summed E-state index contributed by atoms with van der Waals surface area (Å²) in [5.41, 5.74) is 4.00. The molecule has 2 saturated heterocycles. The van der Waals surface area contributed by atoms with Crippen LogP contribution in [0.15, 0.2) is 16.9 Å². The normalized spacial score (nSPS) is 42.4. The van der Waals surface area contributed by atoms with Gasteiger partial charge in [0.1, 0.15) is 6.10 Å². The Kier molecular flexibility index (Phi) is 2.41. The number of aliphatic hydroxyl groups excluding tert-OH is 1. The summed E-state index contributed by atoms with van der Waals surface area (Å²) in [6, 6.07) is 3.47. The minimum atomic E-state index is -0.610. The van der Waals surface area contributed by atoms with Crippen molar-refractivity contribution in [3.05, 3.63) is 44.6 Å². The molecule has 6 atom stereocenters. The van der Waals surface area contributed by atoms with Crippen LogP contribution in [0.4, 0.5) is 0 Å². The predicted octanol–water partition coefficient (Wildman–Crippen LogP) is 1.48. The van der Waals surface area contributed by atoms with E-state index < -0.39 is 17.6 Å². The van der Waals surface area contributed by atoms with Gasteiger partial charge < -0.3 is 9.84 Å². The maximum Gasteiger partial charge on any atom is 0.313 e. The van der Waals surface area contributed by atoms with E-state index in [1.807, 2.05) is 13.8 Å². The molecule has 120 valence electrons. The lowest BCUT2D eigenvalue weighted by molar-refractivity contribution is -0.236. The summed E-state index contributed by atoms with van der Waals surface area (Å²) in [7, 11) is 0. The molecule has 0 unspecified atom stereocenters. The summed E-state index contributed by atoms with van der Waals surface area (Å²) in [5, 5.41) is 10.7. The first-order valence-electron chi connectivity index (χ1n) is 8.51. The molecule has 2 bridgehead atoms. The van der Waals surface area contributed by atoms with Crippen molar-refractivity contribution in [2.24, 2.45) is 17.3 Å². The number of aryl methyl sites for hydroxylation is 2. The molecule has 3 aliphatic carbocycles. The zero-order valence-electron chi connectivity index (χ0n) is 13.3. The molecular weight excluding hydrogens is 292 g/mol. The lowest BCUT2D eigenvalue weighted by Gasteiger charge is -2.59. The van der Waals surface area contributed by atoms with Gasteiger partial charge in [-0.3, -0.25) is 9.59 Å². The average Bonchev–Trinajstić information content (AvgIpc) is 2.86. The van der Waals surface area contributed by atoms with Crippen molar-refractivity contribution < 1.29 is 14.6 Å². The summed E-state index contributed by atoms with van der Waals surface area (Å²) < 4.78 is 5.67. The van der Waals surface area contributed by atoms with E-state index >= 15 is 0 Å². The second-order valence-corrected chi connectivity index (χ2v) is 7.83. The Morgan fingerprint density at radius 1 is 1.30 bits per heavy atom. The van der Waals surface area contributed by atoms with E-state index in [2.05, 4.69) is 0 Å². The number of ether oxygens (including phenoxy) is 1. The molecule has 3 fully saturated rings. The van der Waals surface area contributed by atoms with Gasteiger partial charge in [-0.1, -0.05) is 6.92 Å². The third-order valence-corrected chi connectivity index (χ3v) is 7.07. The van der Waals surface area contributed by atoms with Crippen LogP contribution in [0.3, 0.4) is 0 Å². The Balaban J connectivity index is 1.85. The number of aliphatic hydroxyl groups is 1. The first kappa shape index (κ1) is 13.7. The quantitative estimate of drug-likeness (QED) is 0.737. The summed E-state index contributed by atoms with van der Waals surface area (Å²) in [4.78, 5) is 24.9. The van der Waals surface area contributed by atoms with Crippen LogP contribution in [-0.2, 0) is 22.4 Å². The molecule has 4 nitrogen and oxygen atoms in total. The molecular formula is C19H20O4. The number of carbonyl (C=O) groups excluding carboxylic acids is 1. The molecule has 1 spiro atoms. The fourth-order valence-corrected chi connectivity index (χ4v) is 6.03. The summed E-state index contributed by atoms with van der Waals surface area (Å²) in [6.07, 6.45) is 1.21. The highest BCUT2D eigenvalue weighted by Gasteiger charge is 2.70. The molecule has 2 heterocycles. The fraction of sp³-hybridized carbons (Fsp3) is 0.579. The van der Waals surface area contributed by atoms with E-state index in [9.17, 15) is 14.7 Å². The van der Waals surface area contributed by atoms with E-state index in [4.69, 9.17) is 4.74 Å². The highest BCUT2D eigenvalue weighted by molar-refractivity contribution is 5.83. The van der Waals surface area contributed by atoms with Crippen molar-refractivity contribution >= 4 is 5.97 Å². The molecule has 4 heteroatoms. The molecule has 23 heavy (non-hydrogen) atoms. The van der Waals surface area contributed by atoms with E-state index in [0.29, 0.717) is 12.8 Å². The highest BCUT2D eigenvalue weighted by atomic mass is 16.6. The zero-order chi connectivity index (χ0) is 16.1. The number of fused-ring (bicyclic) bond motifs is 2. The number of esters is 1. The number of carbonyl (C=O) groups is 1. The summed E-state index contributed by atoms with van der Waals surface area (Å²) >= 11 is 0. The molecule has 6 rings (SSSR count). The van der Waals surface area contributed by atoms with Crippen LogP contribution in [0.2, 0.25) is 0 Å². The van der Waals surface area contributed by atoms with Crippen molar-refractivity contribution in [2.45, 2.75) is 51.2 Å². The third kappa shape index (κ3) is 1.38. The molecule has 1 N–H and O–H groups in total. The van der Waals surface area contributed by atoms with Crippen molar-refractivity contribution in [1.29, 1.82) is 0 Å². The Morgan fingerprint density at radius 3 is 2.87 bits per heavy atom. The molecule has 0 amide bonds. The molecule has 0 radical (unpaired) electrons. The first-order valence-corrected chi connectivity index (χ1v) is 8.51. The standard InChI is InChI=1S/C19H20O4/c1-8-5-11(20)6-10-3-4-19-9(2)16(21)17(23-18(19)22)13-7-12(8)14(10)15(13)19/h5-6,9,13,15-17,21H,3-4,7H2,1-2H3/t9-,13+,15-,16-,17+,19+/m0/s1. The van der Waals surface area contributed by atoms with Crippen LogP contribution >= 0.6 is 0 Å². The summed E-state index contributed by atoms with van der Waals surface area (Å²) in [5.74, 6) is 0.0405. The van der Waals surface area contributed by atoms with Crippen molar-refractivity contribution in [3.8, 4) is 0 Å². The van der Waals surface area contributed by atoms with Gasteiger partial charge in [0.25, 0.3) is 0 Å². The summed E-state index contributed by atoms with van der Waals surface area (Å²) in [6.45, 7) is 3.98. The van der Waals surface area contributed by atoms with Crippen LogP contribution in [0.5, 0.6) is 0 Å². The van der Waals surface area contributed by atoms with Gasteiger partial charge in [0.05, 0.1) is 11.5 Å². The van der Waals surface area contributed by atoms with Gasteiger partial charge in [-0.25, -0.2) is 0 Å². The van der Waals surface area contributed by atoms with Gasteiger partial charge in [-0.15, -0.1) is 0 Å². The van der Waals surface area contributed by atoms with Crippen LogP contribution in [-0.4, -0.2) is 23.3 Å².